The molecule has 4 rings (SSSR count). The minimum Gasteiger partial charge on any atom is -0.497 e. The Balaban J connectivity index is 1.73. The third-order valence-corrected chi connectivity index (χ3v) is 6.18. The molecular weight excluding hydrogens is 468 g/mol. The van der Waals surface area contributed by atoms with Crippen molar-refractivity contribution in [3.05, 3.63) is 66.6 Å². The van der Waals surface area contributed by atoms with Crippen LogP contribution in [-0.2, 0) is 4.79 Å². The highest BCUT2D eigenvalue weighted by Crippen LogP contribution is 2.38. The van der Waals surface area contributed by atoms with E-state index in [0.29, 0.717) is 11.6 Å². The number of unbranched alkanes of at least 4 members (excludes halogenated alkanes) is 1. The average molecular weight is 503 g/mol. The normalized spacial score (nSPS) is 13.6. The topological polar surface area (TPSA) is 96.8 Å². The standard InChI is InChI=1S/C29H34N4O4/c1-4-5-6-7-21(16-30-18-29(34)35)28-17-31-26-11-10-22(14-27(26)32-28)33(19-20-8-9-20)23-12-24(36-2)15-25(13-23)37-3/h6-7,10-17,20,30H,4-5,8-9,18-19H2,1-3H3,(H,34,35)/b7-6+,21-16+. The first-order chi connectivity index (χ1) is 18.0. The Bertz CT molecular complexity index is 1280. The molecule has 194 valence electrons. The van der Waals surface area contributed by atoms with Gasteiger partial charge in [0.2, 0.25) is 0 Å². The van der Waals surface area contributed by atoms with Gasteiger partial charge in [0.1, 0.15) is 18.0 Å². The van der Waals surface area contributed by atoms with Crippen LogP contribution in [0.2, 0.25) is 0 Å². The summed E-state index contributed by atoms with van der Waals surface area (Å²) in [6, 6.07) is 12.0. The van der Waals surface area contributed by atoms with E-state index in [-0.39, 0.29) is 6.54 Å². The fourth-order valence-electron chi connectivity index (χ4n) is 4.01. The van der Waals surface area contributed by atoms with E-state index in [4.69, 9.17) is 19.6 Å². The Hall–Kier alpha value is -4.07. The summed E-state index contributed by atoms with van der Waals surface area (Å²) in [5, 5.41) is 11.9. The zero-order chi connectivity index (χ0) is 26.2. The number of carbonyl (C=O) groups is 1. The van der Waals surface area contributed by atoms with Crippen molar-refractivity contribution in [2.24, 2.45) is 5.92 Å². The predicted octanol–water partition coefficient (Wildman–Crippen LogP) is 5.57. The number of carboxylic acid groups (broad SMARTS) is 1. The third-order valence-electron chi connectivity index (χ3n) is 6.18. The number of benzene rings is 2. The molecule has 1 aliphatic rings. The summed E-state index contributed by atoms with van der Waals surface area (Å²) in [6.45, 7) is 2.83. The highest BCUT2D eigenvalue weighted by atomic mass is 16.5. The molecule has 0 spiro atoms. The maximum atomic E-state index is 11.0. The van der Waals surface area contributed by atoms with Gasteiger partial charge >= 0.3 is 5.97 Å². The summed E-state index contributed by atoms with van der Waals surface area (Å²) in [5.41, 5.74) is 5.01. The van der Waals surface area contributed by atoms with E-state index in [0.717, 1.165) is 58.9 Å². The largest absolute Gasteiger partial charge is 0.497 e. The Morgan fingerprint density at radius 2 is 1.86 bits per heavy atom. The zero-order valence-electron chi connectivity index (χ0n) is 21.6. The monoisotopic (exact) mass is 502 g/mol. The van der Waals surface area contributed by atoms with Gasteiger partial charge in [-0.15, -0.1) is 0 Å². The number of allylic oxidation sites excluding steroid dienone is 3. The molecule has 0 saturated heterocycles. The van der Waals surface area contributed by atoms with Crippen molar-refractivity contribution in [2.45, 2.75) is 32.6 Å². The molecular formula is C29H34N4O4. The van der Waals surface area contributed by atoms with E-state index in [1.807, 2.05) is 30.3 Å². The molecule has 3 aromatic rings. The van der Waals surface area contributed by atoms with Crippen molar-refractivity contribution < 1.29 is 19.4 Å². The molecule has 1 aliphatic carbocycles. The molecule has 37 heavy (non-hydrogen) atoms. The first-order valence-corrected chi connectivity index (χ1v) is 12.6. The molecule has 0 amide bonds. The molecule has 0 bridgehead atoms. The third kappa shape index (κ3) is 7.00. The van der Waals surface area contributed by atoms with Gasteiger partial charge in [0, 0.05) is 47.9 Å². The van der Waals surface area contributed by atoms with Crippen LogP contribution in [0.25, 0.3) is 16.6 Å². The molecule has 2 N–H and O–H groups in total. The summed E-state index contributed by atoms with van der Waals surface area (Å²) < 4.78 is 11.0. The van der Waals surface area contributed by atoms with Gasteiger partial charge in [-0.3, -0.25) is 9.78 Å². The number of hydrogen-bond donors (Lipinski definition) is 2. The van der Waals surface area contributed by atoms with E-state index in [1.165, 1.54) is 12.8 Å². The number of carboxylic acids is 1. The summed E-state index contributed by atoms with van der Waals surface area (Å²) in [4.78, 5) is 22.8. The number of anilines is 2. The molecule has 1 saturated carbocycles. The van der Waals surface area contributed by atoms with Crippen molar-refractivity contribution in [3.8, 4) is 11.5 Å². The van der Waals surface area contributed by atoms with Gasteiger partial charge in [-0.1, -0.05) is 25.5 Å². The lowest BCUT2D eigenvalue weighted by atomic mass is 10.1. The molecule has 1 heterocycles. The van der Waals surface area contributed by atoms with Crippen LogP contribution in [0, 0.1) is 5.92 Å². The SMILES string of the molecule is CCC/C=C/C(=C\NCC(=O)O)c1cnc2ccc(N(CC3CC3)c3cc(OC)cc(OC)c3)cc2n1. The highest BCUT2D eigenvalue weighted by molar-refractivity contribution is 5.83. The second-order valence-corrected chi connectivity index (χ2v) is 9.12. The summed E-state index contributed by atoms with van der Waals surface area (Å²) in [7, 11) is 3.31. The van der Waals surface area contributed by atoms with Gasteiger partial charge < -0.3 is 24.8 Å². The Morgan fingerprint density at radius 3 is 2.51 bits per heavy atom. The predicted molar refractivity (Wildman–Crippen MR) is 146 cm³/mol. The zero-order valence-corrected chi connectivity index (χ0v) is 21.6. The first-order valence-electron chi connectivity index (χ1n) is 12.6. The van der Waals surface area contributed by atoms with Gasteiger partial charge in [-0.05, 0) is 43.4 Å². The lowest BCUT2D eigenvalue weighted by molar-refractivity contribution is -0.135. The van der Waals surface area contributed by atoms with E-state index in [9.17, 15) is 4.79 Å². The molecule has 2 aromatic carbocycles. The number of hydrogen-bond acceptors (Lipinski definition) is 7. The van der Waals surface area contributed by atoms with E-state index in [2.05, 4.69) is 40.3 Å². The molecule has 0 radical (unpaired) electrons. The number of fused-ring (bicyclic) bond motifs is 1. The molecule has 0 unspecified atom stereocenters. The maximum absolute atomic E-state index is 11.0. The second kappa shape index (κ2) is 12.3. The lowest BCUT2D eigenvalue weighted by Gasteiger charge is -2.26. The smallest absolute Gasteiger partial charge is 0.322 e. The van der Waals surface area contributed by atoms with Crippen molar-refractivity contribution in [2.75, 3.05) is 32.2 Å². The number of methoxy groups -OCH3 is 2. The molecule has 1 fully saturated rings. The number of aliphatic carboxylic acids is 1. The summed E-state index contributed by atoms with van der Waals surface area (Å²) >= 11 is 0. The molecule has 0 aliphatic heterocycles. The molecule has 8 heteroatoms. The Labute approximate surface area is 217 Å². The highest BCUT2D eigenvalue weighted by Gasteiger charge is 2.26. The minimum absolute atomic E-state index is 0.170. The van der Waals surface area contributed by atoms with Crippen LogP contribution < -0.4 is 19.7 Å². The van der Waals surface area contributed by atoms with Crippen LogP contribution in [0.4, 0.5) is 11.4 Å². The van der Waals surface area contributed by atoms with Crippen LogP contribution in [0.15, 0.2) is 60.9 Å². The van der Waals surface area contributed by atoms with Crippen molar-refractivity contribution >= 4 is 34.0 Å². The van der Waals surface area contributed by atoms with E-state index >= 15 is 0 Å². The number of nitrogens with zero attached hydrogens (tertiary/aromatic N) is 3. The van der Waals surface area contributed by atoms with Crippen molar-refractivity contribution in [3.63, 3.8) is 0 Å². The van der Waals surface area contributed by atoms with E-state index in [1.54, 1.807) is 26.6 Å². The van der Waals surface area contributed by atoms with Crippen LogP contribution in [0.3, 0.4) is 0 Å². The van der Waals surface area contributed by atoms with Crippen molar-refractivity contribution in [1.82, 2.24) is 15.3 Å². The second-order valence-electron chi connectivity index (χ2n) is 9.12. The number of aromatic nitrogens is 2. The number of rotatable bonds is 13. The fourth-order valence-corrected chi connectivity index (χ4v) is 4.01. The molecule has 0 atom stereocenters. The van der Waals surface area contributed by atoms with Crippen LogP contribution in [0.5, 0.6) is 11.5 Å². The maximum Gasteiger partial charge on any atom is 0.322 e. The van der Waals surface area contributed by atoms with Gasteiger partial charge in [0.25, 0.3) is 0 Å². The Kier molecular flexibility index (Phi) is 8.61. The van der Waals surface area contributed by atoms with Crippen LogP contribution in [0.1, 0.15) is 38.3 Å². The lowest BCUT2D eigenvalue weighted by Crippen LogP contribution is -2.20. The summed E-state index contributed by atoms with van der Waals surface area (Å²) in [6.07, 6.45) is 11.8. The van der Waals surface area contributed by atoms with Gasteiger partial charge in [-0.2, -0.15) is 0 Å². The fraction of sp³-hybridized carbons (Fsp3) is 0.345. The number of ether oxygens (including phenoxy) is 2. The first kappa shape index (κ1) is 26.0. The Morgan fingerprint density at radius 1 is 1.11 bits per heavy atom. The molecule has 1 aromatic heterocycles. The average Bonchev–Trinajstić information content (AvgIpc) is 3.74. The van der Waals surface area contributed by atoms with Gasteiger partial charge in [0.05, 0.1) is 37.1 Å². The minimum atomic E-state index is -0.924. The summed E-state index contributed by atoms with van der Waals surface area (Å²) in [5.74, 6) is 1.19. The van der Waals surface area contributed by atoms with Gasteiger partial charge in [-0.25, -0.2) is 4.98 Å². The van der Waals surface area contributed by atoms with Crippen LogP contribution >= 0.6 is 0 Å². The van der Waals surface area contributed by atoms with E-state index < -0.39 is 5.97 Å². The number of nitrogens with one attached hydrogen (secondary N) is 1. The van der Waals surface area contributed by atoms with Crippen LogP contribution in [-0.4, -0.2) is 48.4 Å². The quantitative estimate of drug-likeness (QED) is 0.293. The van der Waals surface area contributed by atoms with Crippen molar-refractivity contribution in [1.29, 1.82) is 0 Å². The molecule has 8 nitrogen and oxygen atoms in total. The van der Waals surface area contributed by atoms with Gasteiger partial charge in [0.15, 0.2) is 0 Å².